The first kappa shape index (κ1) is 15.4. The van der Waals surface area contributed by atoms with E-state index in [9.17, 15) is 14.3 Å². The van der Waals surface area contributed by atoms with Gasteiger partial charge in [-0.2, -0.15) is 0 Å². The second kappa shape index (κ2) is 5.57. The summed E-state index contributed by atoms with van der Waals surface area (Å²) in [5, 5.41) is 18.8. The summed E-state index contributed by atoms with van der Waals surface area (Å²) >= 11 is 0. The van der Waals surface area contributed by atoms with Crippen LogP contribution in [0.1, 0.15) is 25.0 Å². The maximum absolute atomic E-state index is 13.7. The fourth-order valence-electron chi connectivity index (χ4n) is 1.86. The zero-order valence-electron chi connectivity index (χ0n) is 11.7. The van der Waals surface area contributed by atoms with Crippen molar-refractivity contribution in [3.63, 3.8) is 0 Å². The Kier molecular flexibility index (Phi) is 4.52. The van der Waals surface area contributed by atoms with E-state index < -0.39 is 23.0 Å². The fraction of sp³-hybridized carbons (Fsp3) is 0.500. The highest BCUT2D eigenvalue weighted by Gasteiger charge is 2.29. The predicted molar refractivity (Wildman–Crippen MR) is 70.6 cm³/mol. The number of carboxylic acids is 1. The van der Waals surface area contributed by atoms with Crippen molar-refractivity contribution in [2.45, 2.75) is 26.8 Å². The molecule has 0 saturated heterocycles. The fourth-order valence-corrected chi connectivity index (χ4v) is 1.86. The molecule has 0 heterocycles. The van der Waals surface area contributed by atoms with Crippen LogP contribution in [0.15, 0.2) is 12.1 Å². The molecule has 0 aliphatic heterocycles. The van der Waals surface area contributed by atoms with Gasteiger partial charge in [0.2, 0.25) is 0 Å². The third-order valence-corrected chi connectivity index (χ3v) is 2.91. The standard InChI is InChI=1S/C14H20FNO3/c1-14(2,13(18)19)7-10-5-9(8-16(3)4)6-11(15)12(10)17/h5-6,17H,7-8H2,1-4H3,(H,18,19). The molecule has 0 saturated carbocycles. The lowest BCUT2D eigenvalue weighted by Gasteiger charge is -2.21. The topological polar surface area (TPSA) is 60.8 Å². The number of aromatic hydroxyl groups is 1. The summed E-state index contributed by atoms with van der Waals surface area (Å²) in [6.45, 7) is 3.62. The van der Waals surface area contributed by atoms with Gasteiger partial charge in [0.05, 0.1) is 5.41 Å². The molecule has 0 atom stereocenters. The highest BCUT2D eigenvalue weighted by Crippen LogP contribution is 2.30. The van der Waals surface area contributed by atoms with Crippen molar-refractivity contribution in [1.82, 2.24) is 4.90 Å². The average Bonchev–Trinajstić information content (AvgIpc) is 2.23. The molecule has 0 aliphatic carbocycles. The molecule has 1 aromatic rings. The second-order valence-corrected chi connectivity index (χ2v) is 5.69. The van der Waals surface area contributed by atoms with Crippen LogP contribution in [0.25, 0.3) is 0 Å². The Balaban J connectivity index is 3.12. The zero-order chi connectivity index (χ0) is 14.8. The third-order valence-electron chi connectivity index (χ3n) is 2.91. The van der Waals surface area contributed by atoms with Gasteiger partial charge in [-0.3, -0.25) is 4.79 Å². The minimum absolute atomic E-state index is 0.0757. The van der Waals surface area contributed by atoms with Crippen molar-refractivity contribution in [1.29, 1.82) is 0 Å². The van der Waals surface area contributed by atoms with Crippen molar-refractivity contribution in [3.05, 3.63) is 29.1 Å². The molecule has 0 radical (unpaired) electrons. The number of rotatable bonds is 5. The van der Waals surface area contributed by atoms with Crippen LogP contribution < -0.4 is 0 Å². The van der Waals surface area contributed by atoms with Crippen LogP contribution in [-0.2, 0) is 17.8 Å². The summed E-state index contributed by atoms with van der Waals surface area (Å²) in [5.74, 6) is -2.15. The number of hydrogen-bond donors (Lipinski definition) is 2. The molecule has 0 bridgehead atoms. The highest BCUT2D eigenvalue weighted by atomic mass is 19.1. The van der Waals surface area contributed by atoms with Gasteiger partial charge in [0.15, 0.2) is 11.6 Å². The van der Waals surface area contributed by atoms with E-state index in [1.54, 1.807) is 19.9 Å². The molecule has 0 unspecified atom stereocenters. The first-order valence-electron chi connectivity index (χ1n) is 6.02. The number of phenols is 1. The van der Waals surface area contributed by atoms with Gasteiger partial charge in [-0.15, -0.1) is 0 Å². The lowest BCUT2D eigenvalue weighted by molar-refractivity contribution is -0.146. The van der Waals surface area contributed by atoms with Gasteiger partial charge in [0, 0.05) is 6.54 Å². The van der Waals surface area contributed by atoms with E-state index in [-0.39, 0.29) is 6.42 Å². The summed E-state index contributed by atoms with van der Waals surface area (Å²) in [4.78, 5) is 13.0. The Morgan fingerprint density at radius 2 is 1.95 bits per heavy atom. The second-order valence-electron chi connectivity index (χ2n) is 5.69. The van der Waals surface area contributed by atoms with Crippen LogP contribution in [0.2, 0.25) is 0 Å². The van der Waals surface area contributed by atoms with Crippen molar-refractivity contribution in [2.24, 2.45) is 5.41 Å². The minimum atomic E-state index is -1.05. The lowest BCUT2D eigenvalue weighted by atomic mass is 9.85. The van der Waals surface area contributed by atoms with Gasteiger partial charge in [0.25, 0.3) is 0 Å². The highest BCUT2D eigenvalue weighted by molar-refractivity contribution is 5.74. The van der Waals surface area contributed by atoms with E-state index in [1.807, 2.05) is 19.0 Å². The number of phenolic OH excluding ortho intramolecular Hbond substituents is 1. The van der Waals surface area contributed by atoms with Crippen LogP contribution in [0, 0.1) is 11.2 Å². The molecule has 19 heavy (non-hydrogen) atoms. The quantitative estimate of drug-likeness (QED) is 0.860. The molecule has 0 aromatic heterocycles. The molecule has 0 aliphatic rings. The van der Waals surface area contributed by atoms with Gasteiger partial charge in [-0.1, -0.05) is 6.07 Å². The Bertz CT molecular complexity index is 484. The predicted octanol–water partition coefficient (Wildman–Crippen LogP) is 2.25. The van der Waals surface area contributed by atoms with E-state index in [0.717, 1.165) is 0 Å². The van der Waals surface area contributed by atoms with Gasteiger partial charge in [-0.25, -0.2) is 4.39 Å². The van der Waals surface area contributed by atoms with Crippen LogP contribution in [0.3, 0.4) is 0 Å². The summed E-state index contributed by atoms with van der Waals surface area (Å²) in [5.41, 5.74) is -0.0264. The third kappa shape index (κ3) is 3.92. The Morgan fingerprint density at radius 3 is 2.42 bits per heavy atom. The zero-order valence-corrected chi connectivity index (χ0v) is 11.7. The minimum Gasteiger partial charge on any atom is -0.505 e. The van der Waals surface area contributed by atoms with E-state index in [1.165, 1.54) is 6.07 Å². The first-order valence-corrected chi connectivity index (χ1v) is 6.02. The summed E-state index contributed by atoms with van der Waals surface area (Å²) in [6.07, 6.45) is 0.0757. The van der Waals surface area contributed by atoms with Crippen LogP contribution in [0.4, 0.5) is 4.39 Å². The van der Waals surface area contributed by atoms with Crippen molar-refractivity contribution < 1.29 is 19.4 Å². The largest absolute Gasteiger partial charge is 0.505 e. The number of nitrogens with zero attached hydrogens (tertiary/aromatic N) is 1. The van der Waals surface area contributed by atoms with Crippen molar-refractivity contribution in [3.8, 4) is 5.75 Å². The SMILES string of the molecule is CN(C)Cc1cc(F)c(O)c(CC(C)(C)C(=O)O)c1. The van der Waals surface area contributed by atoms with Crippen molar-refractivity contribution in [2.75, 3.05) is 14.1 Å². The van der Waals surface area contributed by atoms with Crippen molar-refractivity contribution >= 4 is 5.97 Å². The molecular weight excluding hydrogens is 249 g/mol. The molecule has 2 N–H and O–H groups in total. The maximum atomic E-state index is 13.7. The normalized spacial score (nSPS) is 11.9. The molecule has 0 spiro atoms. The van der Waals surface area contributed by atoms with Gasteiger partial charge in [-0.05, 0) is 51.6 Å². The molecular formula is C14H20FNO3. The van der Waals surface area contributed by atoms with E-state index in [0.29, 0.717) is 17.7 Å². The number of benzene rings is 1. The Morgan fingerprint density at radius 1 is 1.37 bits per heavy atom. The summed E-state index contributed by atoms with van der Waals surface area (Å²) < 4.78 is 13.7. The molecule has 106 valence electrons. The number of carbonyl (C=O) groups is 1. The van der Waals surface area contributed by atoms with Gasteiger partial charge < -0.3 is 15.1 Å². The molecule has 0 fully saturated rings. The number of carboxylic acid groups (broad SMARTS) is 1. The summed E-state index contributed by atoms with van der Waals surface area (Å²) in [6, 6.07) is 2.93. The van der Waals surface area contributed by atoms with Crippen LogP contribution in [-0.4, -0.2) is 35.2 Å². The van der Waals surface area contributed by atoms with Crippen LogP contribution in [0.5, 0.6) is 5.75 Å². The number of halogens is 1. The monoisotopic (exact) mass is 269 g/mol. The van der Waals surface area contributed by atoms with E-state index in [2.05, 4.69) is 0 Å². The summed E-state index contributed by atoms with van der Waals surface area (Å²) in [7, 11) is 3.71. The van der Waals surface area contributed by atoms with Crippen LogP contribution >= 0.6 is 0 Å². The van der Waals surface area contributed by atoms with E-state index >= 15 is 0 Å². The first-order chi connectivity index (χ1) is 8.63. The Labute approximate surface area is 112 Å². The number of aliphatic carboxylic acids is 1. The lowest BCUT2D eigenvalue weighted by Crippen LogP contribution is -2.26. The Hall–Kier alpha value is -1.62. The molecule has 5 heteroatoms. The molecule has 1 rings (SSSR count). The molecule has 1 aromatic carbocycles. The van der Waals surface area contributed by atoms with Gasteiger partial charge in [0.1, 0.15) is 0 Å². The smallest absolute Gasteiger partial charge is 0.309 e. The maximum Gasteiger partial charge on any atom is 0.309 e. The van der Waals surface area contributed by atoms with E-state index in [4.69, 9.17) is 5.11 Å². The average molecular weight is 269 g/mol. The van der Waals surface area contributed by atoms with Gasteiger partial charge >= 0.3 is 5.97 Å². The molecule has 0 amide bonds. The molecule has 4 nitrogen and oxygen atoms in total. The number of hydrogen-bond acceptors (Lipinski definition) is 3.